The smallest absolute Gasteiger partial charge is 0.0548 e. The summed E-state index contributed by atoms with van der Waals surface area (Å²) in [7, 11) is 0. The molecule has 0 aliphatic heterocycles. The maximum absolute atomic E-state index is 2.40. The molecule has 128 valence electrons. The zero-order valence-electron chi connectivity index (χ0n) is 14.9. The van der Waals surface area contributed by atoms with E-state index in [2.05, 4.69) is 96.4 Å². The minimum absolute atomic E-state index is 1.21. The fraction of sp³-hybridized carbons (Fsp3) is 0.0400. The lowest BCUT2D eigenvalue weighted by molar-refractivity contribution is 1.18. The first-order valence-corrected chi connectivity index (χ1v) is 10.0. The first-order chi connectivity index (χ1) is 13.3. The van der Waals surface area contributed by atoms with Crippen LogP contribution in [0.15, 0.2) is 84.9 Å². The number of benzene rings is 4. The van der Waals surface area contributed by atoms with E-state index in [1.807, 2.05) is 11.3 Å². The Morgan fingerprint density at radius 1 is 0.593 bits per heavy atom. The van der Waals surface area contributed by atoms with Crippen LogP contribution in [0.1, 0.15) is 5.56 Å². The fourth-order valence-electron chi connectivity index (χ4n) is 4.25. The van der Waals surface area contributed by atoms with Gasteiger partial charge in [0.2, 0.25) is 0 Å². The van der Waals surface area contributed by atoms with Crippen molar-refractivity contribution in [1.29, 1.82) is 0 Å². The van der Waals surface area contributed by atoms with E-state index in [9.17, 15) is 0 Å². The van der Waals surface area contributed by atoms with Gasteiger partial charge in [-0.05, 0) is 43.3 Å². The molecule has 6 rings (SSSR count). The number of hydrogen-bond donors (Lipinski definition) is 0. The minimum atomic E-state index is 1.21. The highest BCUT2D eigenvalue weighted by Gasteiger charge is 2.17. The monoisotopic (exact) mass is 363 g/mol. The molecule has 1 nitrogen and oxygen atoms in total. The number of aromatic nitrogens is 1. The molecule has 6 aromatic rings. The van der Waals surface area contributed by atoms with Crippen molar-refractivity contribution in [2.45, 2.75) is 6.92 Å². The topological polar surface area (TPSA) is 4.93 Å². The summed E-state index contributed by atoms with van der Waals surface area (Å²) in [6.07, 6.45) is 0. The lowest BCUT2D eigenvalue weighted by Gasteiger charge is -2.08. The Morgan fingerprint density at radius 3 is 2.19 bits per heavy atom. The van der Waals surface area contributed by atoms with Gasteiger partial charge in [-0.25, -0.2) is 0 Å². The Kier molecular flexibility index (Phi) is 3.03. The number of rotatable bonds is 1. The van der Waals surface area contributed by atoms with Gasteiger partial charge in [0, 0.05) is 36.6 Å². The van der Waals surface area contributed by atoms with Crippen molar-refractivity contribution in [3.63, 3.8) is 0 Å². The molecule has 27 heavy (non-hydrogen) atoms. The molecule has 2 aromatic heterocycles. The second kappa shape index (κ2) is 5.45. The standard InChI is InChI=1S/C25H17NS/c1-16-10-12-17(13-11-16)26-20-8-4-2-6-18(20)24-21(26)14-15-23-25(24)19-7-3-5-9-22(19)27-23/h2-15H,1H3. The van der Waals surface area contributed by atoms with Gasteiger partial charge in [0.25, 0.3) is 0 Å². The van der Waals surface area contributed by atoms with E-state index in [0.717, 1.165) is 0 Å². The molecular weight excluding hydrogens is 346 g/mol. The number of fused-ring (bicyclic) bond motifs is 7. The van der Waals surface area contributed by atoms with Crippen LogP contribution in [0.25, 0.3) is 47.7 Å². The average molecular weight is 363 g/mol. The predicted molar refractivity (Wildman–Crippen MR) is 118 cm³/mol. The normalized spacial score (nSPS) is 11.9. The molecule has 0 atom stereocenters. The SMILES string of the molecule is Cc1ccc(-n2c3ccccc3c3c4c(ccc32)sc2ccccc24)cc1. The molecular formula is C25H17NS. The summed E-state index contributed by atoms with van der Waals surface area (Å²) < 4.78 is 5.11. The molecule has 0 unspecified atom stereocenters. The molecule has 2 heterocycles. The quantitative estimate of drug-likeness (QED) is 0.286. The highest BCUT2D eigenvalue weighted by molar-refractivity contribution is 7.26. The van der Waals surface area contributed by atoms with Crippen LogP contribution in [-0.2, 0) is 0 Å². The van der Waals surface area contributed by atoms with Gasteiger partial charge in [-0.1, -0.05) is 54.1 Å². The van der Waals surface area contributed by atoms with Crippen LogP contribution >= 0.6 is 11.3 Å². The third-order valence-electron chi connectivity index (χ3n) is 5.47. The zero-order valence-corrected chi connectivity index (χ0v) is 15.8. The summed E-state index contributed by atoms with van der Waals surface area (Å²) in [4.78, 5) is 0. The summed E-state index contributed by atoms with van der Waals surface area (Å²) in [5, 5.41) is 5.42. The van der Waals surface area contributed by atoms with E-state index in [1.54, 1.807) is 0 Å². The van der Waals surface area contributed by atoms with Crippen molar-refractivity contribution < 1.29 is 0 Å². The molecule has 0 saturated carbocycles. The first-order valence-electron chi connectivity index (χ1n) is 9.22. The lowest BCUT2D eigenvalue weighted by Crippen LogP contribution is -1.93. The Labute approximate surface area is 161 Å². The van der Waals surface area contributed by atoms with Crippen LogP contribution in [0.2, 0.25) is 0 Å². The van der Waals surface area contributed by atoms with E-state index in [1.165, 1.54) is 53.2 Å². The largest absolute Gasteiger partial charge is 0.309 e. The zero-order chi connectivity index (χ0) is 18.0. The fourth-order valence-corrected chi connectivity index (χ4v) is 5.36. The van der Waals surface area contributed by atoms with E-state index in [-0.39, 0.29) is 0 Å². The summed E-state index contributed by atoms with van der Waals surface area (Å²) in [5.74, 6) is 0. The van der Waals surface area contributed by atoms with Gasteiger partial charge in [0.15, 0.2) is 0 Å². The number of thiophene rings is 1. The molecule has 0 saturated heterocycles. The van der Waals surface area contributed by atoms with Crippen LogP contribution in [0.3, 0.4) is 0 Å². The molecule has 0 amide bonds. The van der Waals surface area contributed by atoms with Crippen molar-refractivity contribution in [2.75, 3.05) is 0 Å². The highest BCUT2D eigenvalue weighted by Crippen LogP contribution is 2.43. The van der Waals surface area contributed by atoms with Gasteiger partial charge in [-0.2, -0.15) is 0 Å². The van der Waals surface area contributed by atoms with Crippen LogP contribution in [0.5, 0.6) is 0 Å². The Hall–Kier alpha value is -3.10. The third kappa shape index (κ3) is 2.05. The van der Waals surface area contributed by atoms with Gasteiger partial charge in [-0.15, -0.1) is 11.3 Å². The van der Waals surface area contributed by atoms with Crippen LogP contribution in [0, 0.1) is 6.92 Å². The summed E-state index contributed by atoms with van der Waals surface area (Å²) >= 11 is 1.88. The highest BCUT2D eigenvalue weighted by atomic mass is 32.1. The maximum atomic E-state index is 2.40. The van der Waals surface area contributed by atoms with Crippen LogP contribution in [-0.4, -0.2) is 4.57 Å². The first kappa shape index (κ1) is 15.0. The van der Waals surface area contributed by atoms with E-state index >= 15 is 0 Å². The molecule has 0 bridgehead atoms. The van der Waals surface area contributed by atoms with Crippen molar-refractivity contribution in [1.82, 2.24) is 4.57 Å². The lowest BCUT2D eigenvalue weighted by atomic mass is 10.1. The van der Waals surface area contributed by atoms with Crippen LogP contribution < -0.4 is 0 Å². The number of hydrogen-bond acceptors (Lipinski definition) is 1. The number of aryl methyl sites for hydroxylation is 1. The van der Waals surface area contributed by atoms with Crippen molar-refractivity contribution in [3.8, 4) is 5.69 Å². The van der Waals surface area contributed by atoms with E-state index in [0.29, 0.717) is 0 Å². The average Bonchev–Trinajstić information content (AvgIpc) is 3.24. The minimum Gasteiger partial charge on any atom is -0.309 e. The summed E-state index contributed by atoms with van der Waals surface area (Å²) in [6, 6.07) is 30.9. The molecule has 4 aromatic carbocycles. The molecule has 2 heteroatoms. The molecule has 0 N–H and O–H groups in total. The van der Waals surface area contributed by atoms with Gasteiger partial charge in [0.1, 0.15) is 0 Å². The van der Waals surface area contributed by atoms with Crippen LogP contribution in [0.4, 0.5) is 0 Å². The Morgan fingerprint density at radius 2 is 1.33 bits per heavy atom. The Bertz CT molecular complexity index is 1470. The molecule has 0 aliphatic rings. The predicted octanol–water partition coefficient (Wildman–Crippen LogP) is 7.46. The summed E-state index contributed by atoms with van der Waals surface area (Å²) in [6.45, 7) is 2.14. The van der Waals surface area contributed by atoms with Crippen molar-refractivity contribution in [3.05, 3.63) is 90.5 Å². The van der Waals surface area contributed by atoms with Crippen molar-refractivity contribution >= 4 is 53.3 Å². The third-order valence-corrected chi connectivity index (χ3v) is 6.60. The second-order valence-electron chi connectivity index (χ2n) is 7.12. The number of nitrogens with zero attached hydrogens (tertiary/aromatic N) is 1. The maximum Gasteiger partial charge on any atom is 0.0548 e. The van der Waals surface area contributed by atoms with E-state index < -0.39 is 0 Å². The molecule has 0 radical (unpaired) electrons. The van der Waals surface area contributed by atoms with Gasteiger partial charge < -0.3 is 4.57 Å². The molecule has 0 spiro atoms. The van der Waals surface area contributed by atoms with Crippen molar-refractivity contribution in [2.24, 2.45) is 0 Å². The molecule has 0 aliphatic carbocycles. The second-order valence-corrected chi connectivity index (χ2v) is 8.20. The molecule has 0 fully saturated rings. The summed E-state index contributed by atoms with van der Waals surface area (Å²) in [5.41, 5.74) is 5.03. The van der Waals surface area contributed by atoms with Gasteiger partial charge >= 0.3 is 0 Å². The Balaban J connectivity index is 1.88. The number of para-hydroxylation sites is 1. The van der Waals surface area contributed by atoms with Gasteiger partial charge in [0.05, 0.1) is 11.0 Å². The van der Waals surface area contributed by atoms with E-state index in [4.69, 9.17) is 0 Å². The van der Waals surface area contributed by atoms with Gasteiger partial charge in [-0.3, -0.25) is 0 Å².